The van der Waals surface area contributed by atoms with Gasteiger partial charge in [-0.15, -0.1) is 0 Å². The standard InChI is InChI=1S/C24H23N3O/c1-3-20(18-10-6-4-7-11-18)24(28)26-23-22(19-12-8-5-9-13-19)25-21-16-17(2)14-15-27(21)23/h4-16,20H,3H2,1-2H3,(H,26,28)/t20-/m0/s1. The highest BCUT2D eigenvalue weighted by Gasteiger charge is 2.22. The van der Waals surface area contributed by atoms with Crippen molar-refractivity contribution in [2.45, 2.75) is 26.2 Å². The van der Waals surface area contributed by atoms with Gasteiger partial charge in [-0.05, 0) is 36.6 Å². The summed E-state index contributed by atoms with van der Waals surface area (Å²) in [6.07, 6.45) is 2.69. The molecular formula is C24H23N3O. The first-order valence-electron chi connectivity index (χ1n) is 9.57. The molecule has 0 aliphatic rings. The number of hydrogen-bond acceptors (Lipinski definition) is 2. The molecule has 0 saturated heterocycles. The van der Waals surface area contributed by atoms with Crippen LogP contribution in [0.4, 0.5) is 5.82 Å². The number of hydrogen-bond donors (Lipinski definition) is 1. The summed E-state index contributed by atoms with van der Waals surface area (Å²) in [5.41, 5.74) is 4.73. The lowest BCUT2D eigenvalue weighted by molar-refractivity contribution is -0.117. The summed E-state index contributed by atoms with van der Waals surface area (Å²) in [5, 5.41) is 3.16. The number of nitrogens with zero attached hydrogens (tertiary/aromatic N) is 2. The molecule has 2 aromatic heterocycles. The lowest BCUT2D eigenvalue weighted by Gasteiger charge is -2.16. The first kappa shape index (κ1) is 18.0. The molecule has 0 aliphatic heterocycles. The minimum atomic E-state index is -0.208. The molecule has 2 aromatic carbocycles. The molecule has 140 valence electrons. The van der Waals surface area contributed by atoms with E-state index in [0.717, 1.165) is 34.5 Å². The molecule has 0 bridgehead atoms. The van der Waals surface area contributed by atoms with Crippen molar-refractivity contribution in [3.8, 4) is 11.3 Å². The third-order valence-corrected chi connectivity index (χ3v) is 5.00. The summed E-state index contributed by atoms with van der Waals surface area (Å²) in [6.45, 7) is 4.07. The molecule has 1 amide bonds. The number of pyridine rings is 1. The third-order valence-electron chi connectivity index (χ3n) is 5.00. The zero-order chi connectivity index (χ0) is 19.5. The Kier molecular flexibility index (Phi) is 4.94. The maximum Gasteiger partial charge on any atom is 0.233 e. The van der Waals surface area contributed by atoms with Crippen molar-refractivity contribution in [3.05, 3.63) is 90.1 Å². The minimum absolute atomic E-state index is 0.0201. The quantitative estimate of drug-likeness (QED) is 0.509. The molecule has 4 nitrogen and oxygen atoms in total. The Bertz CT molecular complexity index is 1100. The zero-order valence-electron chi connectivity index (χ0n) is 16.1. The van der Waals surface area contributed by atoms with E-state index in [0.29, 0.717) is 5.82 Å². The number of aryl methyl sites for hydroxylation is 1. The predicted molar refractivity (Wildman–Crippen MR) is 113 cm³/mol. The van der Waals surface area contributed by atoms with Crippen LogP contribution in [-0.4, -0.2) is 15.3 Å². The monoisotopic (exact) mass is 369 g/mol. The normalized spacial score (nSPS) is 12.1. The highest BCUT2D eigenvalue weighted by molar-refractivity contribution is 5.98. The molecule has 0 fully saturated rings. The van der Waals surface area contributed by atoms with E-state index < -0.39 is 0 Å². The average Bonchev–Trinajstić information content (AvgIpc) is 3.07. The summed E-state index contributed by atoms with van der Waals surface area (Å²) in [4.78, 5) is 18.0. The molecule has 28 heavy (non-hydrogen) atoms. The average molecular weight is 369 g/mol. The van der Waals surface area contributed by atoms with E-state index in [4.69, 9.17) is 4.98 Å². The number of carbonyl (C=O) groups is 1. The molecule has 1 N–H and O–H groups in total. The van der Waals surface area contributed by atoms with Gasteiger partial charge in [-0.2, -0.15) is 0 Å². The number of fused-ring (bicyclic) bond motifs is 1. The molecule has 2 heterocycles. The van der Waals surface area contributed by atoms with Crippen LogP contribution < -0.4 is 5.32 Å². The van der Waals surface area contributed by atoms with Gasteiger partial charge in [0.1, 0.15) is 17.2 Å². The van der Waals surface area contributed by atoms with E-state index >= 15 is 0 Å². The Balaban J connectivity index is 1.78. The largest absolute Gasteiger partial charge is 0.309 e. The van der Waals surface area contributed by atoms with Gasteiger partial charge < -0.3 is 5.32 Å². The van der Waals surface area contributed by atoms with Gasteiger partial charge in [0.15, 0.2) is 0 Å². The summed E-state index contributed by atoms with van der Waals surface area (Å²) < 4.78 is 1.95. The van der Waals surface area contributed by atoms with E-state index in [1.54, 1.807) is 0 Å². The molecule has 1 atom stereocenters. The maximum atomic E-state index is 13.2. The van der Waals surface area contributed by atoms with Crippen LogP contribution in [0.2, 0.25) is 0 Å². The predicted octanol–water partition coefficient (Wildman–Crippen LogP) is 5.44. The number of carbonyl (C=O) groups excluding carboxylic acids is 1. The molecule has 4 heteroatoms. The van der Waals surface area contributed by atoms with Gasteiger partial charge in [-0.1, -0.05) is 67.6 Å². The first-order chi connectivity index (χ1) is 13.7. The van der Waals surface area contributed by atoms with E-state index in [1.165, 1.54) is 0 Å². The van der Waals surface area contributed by atoms with Crippen molar-refractivity contribution >= 4 is 17.4 Å². The number of nitrogens with one attached hydrogen (secondary N) is 1. The maximum absolute atomic E-state index is 13.2. The number of imidazole rings is 1. The van der Waals surface area contributed by atoms with Gasteiger partial charge in [0.25, 0.3) is 0 Å². The summed E-state index contributed by atoms with van der Waals surface area (Å²) in [7, 11) is 0. The zero-order valence-corrected chi connectivity index (χ0v) is 16.1. The Morgan fingerprint density at radius 1 is 1.04 bits per heavy atom. The van der Waals surface area contributed by atoms with Crippen LogP contribution in [0.15, 0.2) is 79.0 Å². The van der Waals surface area contributed by atoms with Crippen molar-refractivity contribution in [1.29, 1.82) is 0 Å². The van der Waals surface area contributed by atoms with Crippen molar-refractivity contribution in [2.24, 2.45) is 0 Å². The Hall–Kier alpha value is -3.40. The Labute approximate surface area is 164 Å². The smallest absolute Gasteiger partial charge is 0.233 e. The van der Waals surface area contributed by atoms with Crippen molar-refractivity contribution in [3.63, 3.8) is 0 Å². The second-order valence-corrected chi connectivity index (χ2v) is 6.97. The molecule has 4 aromatic rings. The van der Waals surface area contributed by atoms with Crippen LogP contribution in [0.5, 0.6) is 0 Å². The van der Waals surface area contributed by atoms with Crippen LogP contribution in [0.1, 0.15) is 30.4 Å². The molecule has 0 saturated carbocycles. The summed E-state index contributed by atoms with van der Waals surface area (Å²) in [6, 6.07) is 23.9. The van der Waals surface area contributed by atoms with Gasteiger partial charge in [0, 0.05) is 11.8 Å². The van der Waals surface area contributed by atoms with E-state index in [1.807, 2.05) is 97.2 Å². The molecule has 0 radical (unpaired) electrons. The van der Waals surface area contributed by atoms with Crippen LogP contribution in [0.25, 0.3) is 16.9 Å². The molecule has 0 unspecified atom stereocenters. The van der Waals surface area contributed by atoms with Gasteiger partial charge in [-0.25, -0.2) is 4.98 Å². The highest BCUT2D eigenvalue weighted by Crippen LogP contribution is 2.30. The number of benzene rings is 2. The van der Waals surface area contributed by atoms with Crippen molar-refractivity contribution in [2.75, 3.05) is 5.32 Å². The van der Waals surface area contributed by atoms with Crippen LogP contribution >= 0.6 is 0 Å². The van der Waals surface area contributed by atoms with Crippen LogP contribution in [0, 0.1) is 6.92 Å². The molecular weight excluding hydrogens is 346 g/mol. The van der Waals surface area contributed by atoms with Gasteiger partial charge in [-0.3, -0.25) is 9.20 Å². The SMILES string of the molecule is CC[C@H](C(=O)Nc1c(-c2ccccc2)nc2cc(C)ccn12)c1ccccc1. The van der Waals surface area contributed by atoms with Crippen LogP contribution in [-0.2, 0) is 4.79 Å². The second kappa shape index (κ2) is 7.69. The number of anilines is 1. The fourth-order valence-corrected chi connectivity index (χ4v) is 3.52. The number of amides is 1. The van der Waals surface area contributed by atoms with Gasteiger partial charge in [0.05, 0.1) is 5.92 Å². The second-order valence-electron chi connectivity index (χ2n) is 6.97. The first-order valence-corrected chi connectivity index (χ1v) is 9.57. The van der Waals surface area contributed by atoms with E-state index in [-0.39, 0.29) is 11.8 Å². The Morgan fingerprint density at radius 2 is 1.71 bits per heavy atom. The van der Waals surface area contributed by atoms with Crippen molar-refractivity contribution < 1.29 is 4.79 Å². The van der Waals surface area contributed by atoms with Crippen LogP contribution in [0.3, 0.4) is 0 Å². The summed E-state index contributed by atoms with van der Waals surface area (Å²) in [5.74, 6) is 0.481. The van der Waals surface area contributed by atoms with Crippen molar-refractivity contribution in [1.82, 2.24) is 9.38 Å². The fourth-order valence-electron chi connectivity index (χ4n) is 3.52. The van der Waals surface area contributed by atoms with Gasteiger partial charge >= 0.3 is 0 Å². The Morgan fingerprint density at radius 3 is 2.39 bits per heavy atom. The molecule has 4 rings (SSSR count). The van der Waals surface area contributed by atoms with E-state index in [9.17, 15) is 4.79 Å². The molecule has 0 spiro atoms. The minimum Gasteiger partial charge on any atom is -0.309 e. The lowest BCUT2D eigenvalue weighted by atomic mass is 9.95. The van der Waals surface area contributed by atoms with Gasteiger partial charge in [0.2, 0.25) is 5.91 Å². The lowest BCUT2D eigenvalue weighted by Crippen LogP contribution is -2.21. The number of rotatable bonds is 5. The molecule has 0 aliphatic carbocycles. The van der Waals surface area contributed by atoms with E-state index in [2.05, 4.69) is 5.32 Å². The number of aromatic nitrogens is 2. The third kappa shape index (κ3) is 3.41. The highest BCUT2D eigenvalue weighted by atomic mass is 16.2. The summed E-state index contributed by atoms with van der Waals surface area (Å²) >= 11 is 0. The topological polar surface area (TPSA) is 46.4 Å². The fraction of sp³-hybridized carbons (Fsp3) is 0.167.